The molecule has 1 aromatic heterocycles. The normalized spacial score (nSPS) is 10.7. The number of fused-ring (bicyclic) bond motifs is 1. The Hall–Kier alpha value is -1.10. The smallest absolute Gasteiger partial charge is 0.187 e. The molecular formula is C8H3BrF2N2. The van der Waals surface area contributed by atoms with Crippen molar-refractivity contribution in [3.8, 4) is 0 Å². The molecule has 13 heavy (non-hydrogen) atoms. The summed E-state index contributed by atoms with van der Waals surface area (Å²) >= 11 is 2.88. The summed E-state index contributed by atoms with van der Waals surface area (Å²) in [6.07, 6.45) is 2.74. The largest absolute Gasteiger partial charge is 0.253 e. The first kappa shape index (κ1) is 8.50. The number of hydrogen-bond donors (Lipinski definition) is 0. The lowest BCUT2D eigenvalue weighted by Crippen LogP contribution is -1.92. The van der Waals surface area contributed by atoms with Gasteiger partial charge in [-0.3, -0.25) is 4.98 Å². The van der Waals surface area contributed by atoms with Crippen LogP contribution >= 0.6 is 15.9 Å². The third kappa shape index (κ3) is 1.29. The van der Waals surface area contributed by atoms with Gasteiger partial charge in [-0.2, -0.15) is 0 Å². The summed E-state index contributed by atoms with van der Waals surface area (Å²) < 4.78 is 26.2. The molecular weight excluding hydrogens is 242 g/mol. The Labute approximate surface area is 80.8 Å². The van der Waals surface area contributed by atoms with Gasteiger partial charge in [0, 0.05) is 12.4 Å². The van der Waals surface area contributed by atoms with Crippen molar-refractivity contribution < 1.29 is 8.78 Å². The third-order valence-corrected chi connectivity index (χ3v) is 2.18. The number of benzene rings is 1. The van der Waals surface area contributed by atoms with Crippen LogP contribution < -0.4 is 0 Å². The molecule has 0 unspecified atom stereocenters. The fourth-order valence-corrected chi connectivity index (χ4v) is 1.41. The van der Waals surface area contributed by atoms with Crippen LogP contribution in [0.2, 0.25) is 0 Å². The summed E-state index contributed by atoms with van der Waals surface area (Å²) in [5, 5.41) is 0. The molecule has 1 aromatic carbocycles. The molecule has 0 aliphatic carbocycles. The van der Waals surface area contributed by atoms with Gasteiger partial charge in [0.05, 0.1) is 9.99 Å². The second-order valence-electron chi connectivity index (χ2n) is 2.41. The highest BCUT2D eigenvalue weighted by Gasteiger charge is 2.12. The number of aromatic nitrogens is 2. The van der Waals surface area contributed by atoms with Gasteiger partial charge in [0.2, 0.25) is 0 Å². The van der Waals surface area contributed by atoms with Gasteiger partial charge in [0.25, 0.3) is 0 Å². The second-order valence-corrected chi connectivity index (χ2v) is 3.26. The maximum Gasteiger partial charge on any atom is 0.187 e. The van der Waals surface area contributed by atoms with E-state index in [4.69, 9.17) is 0 Å². The molecule has 0 saturated heterocycles. The first-order valence-electron chi connectivity index (χ1n) is 3.44. The number of halogens is 3. The minimum atomic E-state index is -0.975. The van der Waals surface area contributed by atoms with Crippen LogP contribution in [0.1, 0.15) is 0 Å². The van der Waals surface area contributed by atoms with Crippen molar-refractivity contribution in [3.63, 3.8) is 0 Å². The van der Waals surface area contributed by atoms with E-state index >= 15 is 0 Å². The maximum absolute atomic E-state index is 13.2. The fourth-order valence-electron chi connectivity index (χ4n) is 1.02. The van der Waals surface area contributed by atoms with Gasteiger partial charge in [-0.1, -0.05) is 0 Å². The van der Waals surface area contributed by atoms with Gasteiger partial charge < -0.3 is 0 Å². The van der Waals surface area contributed by atoms with Crippen LogP contribution in [0.3, 0.4) is 0 Å². The summed E-state index contributed by atoms with van der Waals surface area (Å²) in [4.78, 5) is 7.53. The zero-order valence-electron chi connectivity index (χ0n) is 6.26. The molecule has 0 atom stereocenters. The summed E-state index contributed by atoms with van der Waals surface area (Å²) in [5.41, 5.74) is 0.275. The first-order valence-corrected chi connectivity index (χ1v) is 4.23. The SMILES string of the molecule is Fc1c(Br)cc2nccnc2c1F. The average Bonchev–Trinajstić information content (AvgIpc) is 2.15. The molecule has 0 radical (unpaired) electrons. The molecule has 66 valence electrons. The maximum atomic E-state index is 13.2. The Morgan fingerprint density at radius 3 is 2.54 bits per heavy atom. The minimum Gasteiger partial charge on any atom is -0.253 e. The van der Waals surface area contributed by atoms with Crippen LogP contribution in [-0.2, 0) is 0 Å². The van der Waals surface area contributed by atoms with E-state index in [9.17, 15) is 8.78 Å². The van der Waals surface area contributed by atoms with Crippen molar-refractivity contribution in [1.82, 2.24) is 9.97 Å². The van der Waals surface area contributed by atoms with Crippen molar-refractivity contribution >= 4 is 27.0 Å². The van der Waals surface area contributed by atoms with Crippen molar-refractivity contribution in [1.29, 1.82) is 0 Å². The first-order chi connectivity index (χ1) is 6.20. The van der Waals surface area contributed by atoms with E-state index < -0.39 is 11.6 Å². The summed E-state index contributed by atoms with van der Waals surface area (Å²) in [7, 11) is 0. The van der Waals surface area contributed by atoms with Crippen LogP contribution in [0.5, 0.6) is 0 Å². The molecule has 0 bridgehead atoms. The molecule has 5 heteroatoms. The van der Waals surface area contributed by atoms with E-state index in [1.54, 1.807) is 0 Å². The zero-order valence-corrected chi connectivity index (χ0v) is 7.85. The van der Waals surface area contributed by atoms with E-state index in [0.29, 0.717) is 5.52 Å². The van der Waals surface area contributed by atoms with E-state index in [1.165, 1.54) is 18.5 Å². The van der Waals surface area contributed by atoms with Crippen molar-refractivity contribution in [3.05, 3.63) is 34.6 Å². The molecule has 0 N–H and O–H groups in total. The minimum absolute atomic E-state index is 0.0526. The summed E-state index contributed by atoms with van der Waals surface area (Å²) in [6.45, 7) is 0. The fraction of sp³-hybridized carbons (Fsp3) is 0. The molecule has 2 aromatic rings. The van der Waals surface area contributed by atoms with E-state index in [0.717, 1.165) is 0 Å². The van der Waals surface area contributed by atoms with E-state index in [-0.39, 0.29) is 9.99 Å². The molecule has 0 aliphatic heterocycles. The van der Waals surface area contributed by atoms with Crippen LogP contribution in [0, 0.1) is 11.6 Å². The third-order valence-electron chi connectivity index (χ3n) is 1.60. The molecule has 1 heterocycles. The quantitative estimate of drug-likeness (QED) is 0.667. The van der Waals surface area contributed by atoms with Crippen molar-refractivity contribution in [2.45, 2.75) is 0 Å². The Morgan fingerprint density at radius 2 is 1.77 bits per heavy atom. The van der Waals surface area contributed by atoms with Crippen LogP contribution in [0.25, 0.3) is 11.0 Å². The highest BCUT2D eigenvalue weighted by atomic mass is 79.9. The van der Waals surface area contributed by atoms with Crippen molar-refractivity contribution in [2.24, 2.45) is 0 Å². The van der Waals surface area contributed by atoms with E-state index in [2.05, 4.69) is 25.9 Å². The average molecular weight is 245 g/mol. The standard InChI is InChI=1S/C8H3BrF2N2/c9-4-3-5-8(7(11)6(4)10)13-2-1-12-5/h1-3H. The molecule has 0 saturated carbocycles. The van der Waals surface area contributed by atoms with Crippen LogP contribution in [0.15, 0.2) is 22.9 Å². The van der Waals surface area contributed by atoms with Crippen LogP contribution in [0.4, 0.5) is 8.78 Å². The Balaban J connectivity index is 2.94. The molecule has 0 fully saturated rings. The highest BCUT2D eigenvalue weighted by molar-refractivity contribution is 9.10. The predicted octanol–water partition coefficient (Wildman–Crippen LogP) is 2.67. The lowest BCUT2D eigenvalue weighted by atomic mass is 10.3. The van der Waals surface area contributed by atoms with Gasteiger partial charge in [-0.05, 0) is 22.0 Å². The summed E-state index contributed by atoms with van der Waals surface area (Å²) in [5.74, 6) is -1.91. The van der Waals surface area contributed by atoms with Gasteiger partial charge >= 0.3 is 0 Å². The Kier molecular flexibility index (Phi) is 1.95. The number of rotatable bonds is 0. The van der Waals surface area contributed by atoms with Gasteiger partial charge in [-0.25, -0.2) is 13.8 Å². The lowest BCUT2D eigenvalue weighted by molar-refractivity contribution is 0.510. The van der Waals surface area contributed by atoms with Crippen LogP contribution in [-0.4, -0.2) is 9.97 Å². The van der Waals surface area contributed by atoms with Crippen molar-refractivity contribution in [2.75, 3.05) is 0 Å². The Bertz CT molecular complexity index is 473. The van der Waals surface area contributed by atoms with Gasteiger partial charge in [0.15, 0.2) is 11.6 Å². The number of hydrogen-bond acceptors (Lipinski definition) is 2. The predicted molar refractivity (Wildman–Crippen MR) is 47.2 cm³/mol. The second kappa shape index (κ2) is 2.99. The van der Waals surface area contributed by atoms with Gasteiger partial charge in [0.1, 0.15) is 5.52 Å². The monoisotopic (exact) mass is 244 g/mol. The number of nitrogens with zero attached hydrogens (tertiary/aromatic N) is 2. The molecule has 0 spiro atoms. The molecule has 2 rings (SSSR count). The highest BCUT2D eigenvalue weighted by Crippen LogP contribution is 2.23. The van der Waals surface area contributed by atoms with Gasteiger partial charge in [-0.15, -0.1) is 0 Å². The molecule has 2 nitrogen and oxygen atoms in total. The molecule has 0 aliphatic rings. The molecule has 0 amide bonds. The lowest BCUT2D eigenvalue weighted by Gasteiger charge is -1.99. The summed E-state index contributed by atoms with van der Waals surface area (Å²) in [6, 6.07) is 1.39. The Morgan fingerprint density at radius 1 is 1.08 bits per heavy atom. The van der Waals surface area contributed by atoms with E-state index in [1.807, 2.05) is 0 Å². The topological polar surface area (TPSA) is 25.8 Å². The zero-order chi connectivity index (χ0) is 9.42.